The number of rotatable bonds is 7. The molecular weight excluding hydrogens is 306 g/mol. The van der Waals surface area contributed by atoms with Gasteiger partial charge in [0.1, 0.15) is 0 Å². The van der Waals surface area contributed by atoms with Gasteiger partial charge in [-0.05, 0) is 43.5 Å². The number of amides is 3. The molecule has 0 unspecified atom stereocenters. The lowest BCUT2D eigenvalue weighted by atomic mass is 9.95. The largest absolute Gasteiger partial charge is 0.385 e. The first-order chi connectivity index (χ1) is 11.7. The second kappa shape index (κ2) is 9.93. The molecule has 1 aromatic carbocycles. The van der Waals surface area contributed by atoms with Gasteiger partial charge in [-0.1, -0.05) is 19.3 Å². The third kappa shape index (κ3) is 6.20. The van der Waals surface area contributed by atoms with Crippen molar-refractivity contribution >= 4 is 17.6 Å². The van der Waals surface area contributed by atoms with E-state index in [2.05, 4.69) is 16.0 Å². The molecule has 0 aliphatic heterocycles. The van der Waals surface area contributed by atoms with Crippen LogP contribution in [0, 0.1) is 0 Å². The van der Waals surface area contributed by atoms with Crippen molar-refractivity contribution in [2.24, 2.45) is 0 Å². The number of carbonyl (C=O) groups excluding carboxylic acids is 2. The van der Waals surface area contributed by atoms with Gasteiger partial charge in [-0.25, -0.2) is 4.79 Å². The van der Waals surface area contributed by atoms with Crippen LogP contribution in [0.3, 0.4) is 0 Å². The van der Waals surface area contributed by atoms with E-state index in [1.54, 1.807) is 31.4 Å². The number of nitrogens with one attached hydrogen (secondary N) is 3. The third-order valence-electron chi connectivity index (χ3n) is 4.16. The molecule has 0 atom stereocenters. The van der Waals surface area contributed by atoms with Crippen molar-refractivity contribution in [2.75, 3.05) is 25.6 Å². The van der Waals surface area contributed by atoms with E-state index < -0.39 is 0 Å². The number of hydrogen-bond donors (Lipinski definition) is 3. The molecule has 1 aromatic rings. The molecule has 1 aliphatic rings. The molecule has 1 fully saturated rings. The summed E-state index contributed by atoms with van der Waals surface area (Å²) in [6, 6.07) is 6.99. The second-order valence-electron chi connectivity index (χ2n) is 6.11. The van der Waals surface area contributed by atoms with Crippen molar-refractivity contribution in [3.63, 3.8) is 0 Å². The average molecular weight is 333 g/mol. The topological polar surface area (TPSA) is 79.5 Å². The Morgan fingerprint density at radius 3 is 2.50 bits per heavy atom. The highest BCUT2D eigenvalue weighted by Gasteiger charge is 2.16. The fourth-order valence-corrected chi connectivity index (χ4v) is 2.81. The Balaban J connectivity index is 1.77. The lowest BCUT2D eigenvalue weighted by molar-refractivity contribution is 0.0927. The van der Waals surface area contributed by atoms with Crippen LogP contribution in [-0.2, 0) is 4.74 Å². The summed E-state index contributed by atoms with van der Waals surface area (Å²) in [6.07, 6.45) is 6.54. The Hall–Kier alpha value is -2.08. The SMILES string of the molecule is COCCCNC(=O)Nc1ccc(C(=O)NC2CCCCC2)cc1. The maximum Gasteiger partial charge on any atom is 0.319 e. The van der Waals surface area contributed by atoms with Gasteiger partial charge in [-0.15, -0.1) is 0 Å². The molecule has 132 valence electrons. The minimum absolute atomic E-state index is 0.0440. The van der Waals surface area contributed by atoms with Gasteiger partial charge in [0.15, 0.2) is 0 Å². The van der Waals surface area contributed by atoms with Gasteiger partial charge < -0.3 is 20.7 Å². The molecule has 2 rings (SSSR count). The molecule has 1 aliphatic carbocycles. The van der Waals surface area contributed by atoms with Crippen molar-refractivity contribution < 1.29 is 14.3 Å². The smallest absolute Gasteiger partial charge is 0.319 e. The summed E-state index contributed by atoms with van der Waals surface area (Å²) in [4.78, 5) is 23.9. The van der Waals surface area contributed by atoms with Gasteiger partial charge in [-0.3, -0.25) is 4.79 Å². The molecule has 0 bridgehead atoms. The molecule has 0 radical (unpaired) electrons. The van der Waals surface area contributed by atoms with Crippen molar-refractivity contribution in [3.8, 4) is 0 Å². The highest BCUT2D eigenvalue weighted by atomic mass is 16.5. The zero-order valence-electron chi connectivity index (χ0n) is 14.3. The van der Waals surface area contributed by atoms with Gasteiger partial charge in [0.25, 0.3) is 5.91 Å². The Morgan fingerprint density at radius 1 is 1.12 bits per heavy atom. The van der Waals surface area contributed by atoms with Crippen LogP contribution in [0.25, 0.3) is 0 Å². The van der Waals surface area contributed by atoms with Crippen LogP contribution in [0.4, 0.5) is 10.5 Å². The molecule has 24 heavy (non-hydrogen) atoms. The van der Waals surface area contributed by atoms with Gasteiger partial charge in [0.05, 0.1) is 0 Å². The summed E-state index contributed by atoms with van der Waals surface area (Å²) in [5.74, 6) is -0.0440. The summed E-state index contributed by atoms with van der Waals surface area (Å²) in [6.45, 7) is 1.17. The van der Waals surface area contributed by atoms with Crippen molar-refractivity contribution in [2.45, 2.75) is 44.6 Å². The van der Waals surface area contributed by atoms with Crippen molar-refractivity contribution in [1.29, 1.82) is 0 Å². The first-order valence-corrected chi connectivity index (χ1v) is 8.64. The summed E-state index contributed by atoms with van der Waals surface area (Å²) in [5, 5.41) is 8.58. The van der Waals surface area contributed by atoms with Crippen LogP contribution < -0.4 is 16.0 Å². The summed E-state index contributed by atoms with van der Waals surface area (Å²) in [5.41, 5.74) is 1.28. The van der Waals surface area contributed by atoms with Crippen LogP contribution in [0.15, 0.2) is 24.3 Å². The Morgan fingerprint density at radius 2 is 1.83 bits per heavy atom. The van der Waals surface area contributed by atoms with E-state index in [1.165, 1.54) is 19.3 Å². The molecule has 0 heterocycles. The maximum absolute atomic E-state index is 12.2. The minimum Gasteiger partial charge on any atom is -0.385 e. The number of anilines is 1. The molecule has 0 saturated heterocycles. The lowest BCUT2D eigenvalue weighted by Crippen LogP contribution is -2.36. The Labute approximate surface area is 143 Å². The number of urea groups is 1. The van der Waals surface area contributed by atoms with Crippen LogP contribution >= 0.6 is 0 Å². The first kappa shape index (κ1) is 18.3. The molecule has 0 spiro atoms. The van der Waals surface area contributed by atoms with E-state index in [-0.39, 0.29) is 11.9 Å². The minimum atomic E-state index is -0.259. The van der Waals surface area contributed by atoms with E-state index >= 15 is 0 Å². The lowest BCUT2D eigenvalue weighted by Gasteiger charge is -2.22. The molecule has 1 saturated carbocycles. The van der Waals surface area contributed by atoms with Gasteiger partial charge in [-0.2, -0.15) is 0 Å². The second-order valence-corrected chi connectivity index (χ2v) is 6.11. The molecular formula is C18H27N3O3. The van der Waals surface area contributed by atoms with E-state index in [4.69, 9.17) is 4.74 Å². The fourth-order valence-electron chi connectivity index (χ4n) is 2.81. The Bertz CT molecular complexity index is 525. The Kier molecular flexibility index (Phi) is 7.55. The van der Waals surface area contributed by atoms with Gasteiger partial charge in [0, 0.05) is 37.6 Å². The zero-order valence-corrected chi connectivity index (χ0v) is 14.3. The van der Waals surface area contributed by atoms with Crippen LogP contribution in [0.1, 0.15) is 48.9 Å². The van der Waals surface area contributed by atoms with Crippen LogP contribution in [0.5, 0.6) is 0 Å². The predicted octanol–water partition coefficient (Wildman–Crippen LogP) is 2.91. The molecule has 6 nitrogen and oxygen atoms in total. The monoisotopic (exact) mass is 333 g/mol. The molecule has 0 aromatic heterocycles. The predicted molar refractivity (Wildman–Crippen MR) is 94.3 cm³/mol. The van der Waals surface area contributed by atoms with Crippen molar-refractivity contribution in [1.82, 2.24) is 10.6 Å². The number of hydrogen-bond acceptors (Lipinski definition) is 3. The van der Waals surface area contributed by atoms with Gasteiger partial charge in [0.2, 0.25) is 0 Å². The third-order valence-corrected chi connectivity index (χ3v) is 4.16. The number of carbonyl (C=O) groups is 2. The van der Waals surface area contributed by atoms with E-state index in [0.717, 1.165) is 19.3 Å². The molecule has 6 heteroatoms. The summed E-state index contributed by atoms with van der Waals surface area (Å²) in [7, 11) is 1.63. The normalized spacial score (nSPS) is 14.9. The number of ether oxygens (including phenoxy) is 1. The first-order valence-electron chi connectivity index (χ1n) is 8.64. The molecule has 3 N–H and O–H groups in total. The summed E-state index contributed by atoms with van der Waals surface area (Å²) >= 11 is 0. The quantitative estimate of drug-likeness (QED) is 0.671. The highest BCUT2D eigenvalue weighted by molar-refractivity contribution is 5.95. The summed E-state index contributed by atoms with van der Waals surface area (Å²) < 4.78 is 4.92. The van der Waals surface area contributed by atoms with E-state index in [1.807, 2.05) is 0 Å². The van der Waals surface area contributed by atoms with E-state index in [0.29, 0.717) is 30.4 Å². The standard InChI is InChI=1S/C18H27N3O3/c1-24-13-5-12-19-18(23)21-16-10-8-14(9-11-16)17(22)20-15-6-3-2-4-7-15/h8-11,15H,2-7,12-13H2,1H3,(H,20,22)(H2,19,21,23). The fraction of sp³-hybridized carbons (Fsp3) is 0.556. The number of benzene rings is 1. The van der Waals surface area contributed by atoms with Crippen molar-refractivity contribution in [3.05, 3.63) is 29.8 Å². The van der Waals surface area contributed by atoms with Crippen LogP contribution in [0.2, 0.25) is 0 Å². The zero-order chi connectivity index (χ0) is 17.2. The average Bonchev–Trinajstić information content (AvgIpc) is 2.60. The highest BCUT2D eigenvalue weighted by Crippen LogP contribution is 2.18. The van der Waals surface area contributed by atoms with Gasteiger partial charge >= 0.3 is 6.03 Å². The van der Waals surface area contributed by atoms with Crippen LogP contribution in [-0.4, -0.2) is 38.2 Å². The maximum atomic E-state index is 12.2. The van der Waals surface area contributed by atoms with E-state index in [9.17, 15) is 9.59 Å². The molecule has 3 amide bonds. The number of methoxy groups -OCH3 is 1.